The van der Waals surface area contributed by atoms with Gasteiger partial charge < -0.3 is 15.0 Å². The van der Waals surface area contributed by atoms with Crippen LogP contribution >= 0.6 is 12.2 Å². The third-order valence-corrected chi connectivity index (χ3v) is 3.81. The molecule has 3 nitrogen and oxygen atoms in total. The zero-order chi connectivity index (χ0) is 13.1. The molecule has 0 aromatic heterocycles. The van der Waals surface area contributed by atoms with Crippen LogP contribution in [0.2, 0.25) is 0 Å². The predicted molar refractivity (Wildman–Crippen MR) is 77.9 cm³/mol. The molecule has 1 aromatic rings. The SMILES string of the molecule is COc1ccc([C@H](C)N(C)C(=S)NC2CC2)cc1. The molecule has 0 heterocycles. The summed E-state index contributed by atoms with van der Waals surface area (Å²) in [6.45, 7) is 2.16. The molecule has 0 aliphatic heterocycles. The summed E-state index contributed by atoms with van der Waals surface area (Å²) in [5.41, 5.74) is 1.23. The number of nitrogens with one attached hydrogen (secondary N) is 1. The molecule has 98 valence electrons. The largest absolute Gasteiger partial charge is 0.497 e. The standard InChI is InChI=1S/C14H20N2OS/c1-10(11-4-8-13(17-3)9-5-11)16(2)14(18)15-12-6-7-12/h4-5,8-10,12H,6-7H2,1-3H3,(H,15,18)/t10-/m0/s1. The van der Waals surface area contributed by atoms with Gasteiger partial charge in [-0.3, -0.25) is 0 Å². The van der Waals surface area contributed by atoms with E-state index in [1.165, 1.54) is 18.4 Å². The third kappa shape index (κ3) is 3.13. The maximum absolute atomic E-state index is 5.41. The van der Waals surface area contributed by atoms with Gasteiger partial charge in [-0.25, -0.2) is 0 Å². The van der Waals surface area contributed by atoms with E-state index < -0.39 is 0 Å². The zero-order valence-electron chi connectivity index (χ0n) is 11.1. The van der Waals surface area contributed by atoms with Crippen LogP contribution < -0.4 is 10.1 Å². The molecule has 18 heavy (non-hydrogen) atoms. The fourth-order valence-electron chi connectivity index (χ4n) is 1.79. The molecular formula is C14H20N2OS. The van der Waals surface area contributed by atoms with E-state index in [-0.39, 0.29) is 6.04 Å². The highest BCUT2D eigenvalue weighted by atomic mass is 32.1. The minimum atomic E-state index is 0.259. The molecule has 0 saturated heterocycles. The highest BCUT2D eigenvalue weighted by Gasteiger charge is 2.24. The Balaban J connectivity index is 1.99. The molecule has 0 radical (unpaired) electrons. The second-order valence-electron chi connectivity index (χ2n) is 4.78. The Morgan fingerprint density at radius 3 is 2.50 bits per heavy atom. The summed E-state index contributed by atoms with van der Waals surface area (Å²) in [6.07, 6.45) is 2.48. The summed E-state index contributed by atoms with van der Waals surface area (Å²) in [5.74, 6) is 0.882. The Morgan fingerprint density at radius 1 is 1.39 bits per heavy atom. The first-order valence-electron chi connectivity index (χ1n) is 6.29. The van der Waals surface area contributed by atoms with Gasteiger partial charge in [-0.15, -0.1) is 0 Å². The first-order valence-corrected chi connectivity index (χ1v) is 6.70. The van der Waals surface area contributed by atoms with Crippen molar-refractivity contribution in [2.45, 2.75) is 31.8 Å². The molecule has 0 amide bonds. The van der Waals surface area contributed by atoms with Crippen LogP contribution in [0, 0.1) is 0 Å². The van der Waals surface area contributed by atoms with Crippen LogP contribution in [0.15, 0.2) is 24.3 Å². The molecule has 1 N–H and O–H groups in total. The van der Waals surface area contributed by atoms with Crippen molar-refractivity contribution in [3.63, 3.8) is 0 Å². The smallest absolute Gasteiger partial charge is 0.169 e. The maximum atomic E-state index is 5.41. The second-order valence-corrected chi connectivity index (χ2v) is 5.17. The molecule has 0 bridgehead atoms. The second kappa shape index (κ2) is 5.57. The van der Waals surface area contributed by atoms with Crippen molar-refractivity contribution in [2.24, 2.45) is 0 Å². The van der Waals surface area contributed by atoms with Crippen molar-refractivity contribution in [1.82, 2.24) is 10.2 Å². The lowest BCUT2D eigenvalue weighted by Crippen LogP contribution is -2.39. The minimum Gasteiger partial charge on any atom is -0.497 e. The molecule has 1 aliphatic rings. The van der Waals surface area contributed by atoms with Crippen LogP contribution in [0.4, 0.5) is 0 Å². The van der Waals surface area contributed by atoms with E-state index in [0.717, 1.165) is 10.9 Å². The molecule has 1 saturated carbocycles. The maximum Gasteiger partial charge on any atom is 0.169 e. The van der Waals surface area contributed by atoms with E-state index in [4.69, 9.17) is 17.0 Å². The van der Waals surface area contributed by atoms with Crippen LogP contribution in [-0.2, 0) is 0 Å². The molecule has 1 aliphatic carbocycles. The average Bonchev–Trinajstić information content (AvgIpc) is 3.21. The Bertz CT molecular complexity index is 414. The van der Waals surface area contributed by atoms with Gasteiger partial charge >= 0.3 is 0 Å². The lowest BCUT2D eigenvalue weighted by Gasteiger charge is -2.28. The van der Waals surface area contributed by atoms with E-state index in [1.807, 2.05) is 19.2 Å². The normalized spacial score (nSPS) is 15.9. The summed E-state index contributed by atoms with van der Waals surface area (Å²) in [7, 11) is 3.71. The van der Waals surface area contributed by atoms with E-state index in [0.29, 0.717) is 6.04 Å². The number of nitrogens with zero attached hydrogens (tertiary/aromatic N) is 1. The van der Waals surface area contributed by atoms with Gasteiger partial charge in [0.2, 0.25) is 0 Å². The molecule has 0 spiro atoms. The molecule has 4 heteroatoms. The Kier molecular flexibility index (Phi) is 4.07. The number of hydrogen-bond donors (Lipinski definition) is 1. The summed E-state index contributed by atoms with van der Waals surface area (Å²) in [6, 6.07) is 8.99. The van der Waals surface area contributed by atoms with Gasteiger partial charge in [-0.2, -0.15) is 0 Å². The van der Waals surface area contributed by atoms with Crippen molar-refractivity contribution in [3.05, 3.63) is 29.8 Å². The van der Waals surface area contributed by atoms with Crippen LogP contribution in [0.5, 0.6) is 5.75 Å². The number of methoxy groups -OCH3 is 1. The van der Waals surface area contributed by atoms with Gasteiger partial charge in [0.25, 0.3) is 0 Å². The first kappa shape index (κ1) is 13.1. The third-order valence-electron chi connectivity index (χ3n) is 3.40. The van der Waals surface area contributed by atoms with E-state index in [2.05, 4.69) is 29.3 Å². The number of hydrogen-bond acceptors (Lipinski definition) is 2. The number of ether oxygens (including phenoxy) is 1. The van der Waals surface area contributed by atoms with E-state index in [9.17, 15) is 0 Å². The summed E-state index contributed by atoms with van der Waals surface area (Å²) in [4.78, 5) is 2.11. The highest BCUT2D eigenvalue weighted by molar-refractivity contribution is 7.80. The molecule has 1 aromatic carbocycles. The number of rotatable bonds is 4. The Morgan fingerprint density at radius 2 is 2.00 bits per heavy atom. The van der Waals surface area contributed by atoms with Crippen molar-refractivity contribution in [1.29, 1.82) is 0 Å². The molecular weight excluding hydrogens is 244 g/mol. The van der Waals surface area contributed by atoms with Gasteiger partial charge in [0.1, 0.15) is 5.75 Å². The van der Waals surface area contributed by atoms with Gasteiger partial charge in [0, 0.05) is 13.1 Å². The van der Waals surface area contributed by atoms with Gasteiger partial charge in [0.15, 0.2) is 5.11 Å². The van der Waals surface area contributed by atoms with Gasteiger partial charge in [0.05, 0.1) is 13.2 Å². The Labute approximate surface area is 114 Å². The topological polar surface area (TPSA) is 24.5 Å². The number of benzene rings is 1. The Hall–Kier alpha value is -1.29. The lowest BCUT2D eigenvalue weighted by atomic mass is 10.1. The van der Waals surface area contributed by atoms with Gasteiger partial charge in [-0.05, 0) is 49.7 Å². The summed E-state index contributed by atoms with van der Waals surface area (Å²) in [5, 5.41) is 4.19. The predicted octanol–water partition coefficient (Wildman–Crippen LogP) is 2.72. The van der Waals surface area contributed by atoms with Crippen molar-refractivity contribution in [3.8, 4) is 5.75 Å². The quantitative estimate of drug-likeness (QED) is 0.845. The highest BCUT2D eigenvalue weighted by Crippen LogP contribution is 2.23. The molecule has 1 atom stereocenters. The zero-order valence-corrected chi connectivity index (χ0v) is 12.0. The van der Waals surface area contributed by atoms with Crippen molar-refractivity contribution in [2.75, 3.05) is 14.2 Å². The fourth-order valence-corrected chi connectivity index (χ4v) is 2.11. The van der Waals surface area contributed by atoms with E-state index in [1.54, 1.807) is 7.11 Å². The minimum absolute atomic E-state index is 0.259. The van der Waals surface area contributed by atoms with E-state index >= 15 is 0 Å². The monoisotopic (exact) mass is 264 g/mol. The number of thiocarbonyl (C=S) groups is 1. The van der Waals surface area contributed by atoms with Crippen LogP contribution in [-0.4, -0.2) is 30.2 Å². The molecule has 0 unspecified atom stereocenters. The molecule has 2 rings (SSSR count). The van der Waals surface area contributed by atoms with Crippen LogP contribution in [0.3, 0.4) is 0 Å². The summed E-state index contributed by atoms with van der Waals surface area (Å²) >= 11 is 5.41. The van der Waals surface area contributed by atoms with Crippen molar-refractivity contribution < 1.29 is 4.74 Å². The van der Waals surface area contributed by atoms with Crippen LogP contribution in [0.25, 0.3) is 0 Å². The average molecular weight is 264 g/mol. The lowest BCUT2D eigenvalue weighted by molar-refractivity contribution is 0.393. The van der Waals surface area contributed by atoms with Gasteiger partial charge in [-0.1, -0.05) is 12.1 Å². The summed E-state index contributed by atoms with van der Waals surface area (Å²) < 4.78 is 5.17. The van der Waals surface area contributed by atoms with Crippen molar-refractivity contribution >= 4 is 17.3 Å². The fraction of sp³-hybridized carbons (Fsp3) is 0.500. The van der Waals surface area contributed by atoms with Crippen LogP contribution in [0.1, 0.15) is 31.4 Å². The first-order chi connectivity index (χ1) is 8.61. The molecule has 1 fully saturated rings.